The molecule has 0 N–H and O–H groups in total. The number of hydrogen-bond acceptors (Lipinski definition) is 2. The molecule has 0 atom stereocenters. The number of benzene rings is 7. The van der Waals surface area contributed by atoms with Crippen LogP contribution in [-0.2, 0) is 0 Å². The zero-order valence-corrected chi connectivity index (χ0v) is 26.8. The largest absolute Gasteiger partial charge is 0.306 e. The topological polar surface area (TPSA) is 35.1 Å². The van der Waals surface area contributed by atoms with E-state index in [4.69, 9.17) is 9.97 Å². The molecule has 5 aromatic heterocycles. The van der Waals surface area contributed by atoms with E-state index in [1.54, 1.807) is 0 Å². The van der Waals surface area contributed by atoms with Crippen molar-refractivity contribution in [2.45, 2.75) is 0 Å². The van der Waals surface area contributed by atoms with Gasteiger partial charge < -0.3 is 4.40 Å². The van der Waals surface area contributed by atoms with Gasteiger partial charge >= 0.3 is 0 Å². The molecular weight excluding hydrogens is 609 g/mol. The van der Waals surface area contributed by atoms with Gasteiger partial charge in [0.25, 0.3) is 0 Å². The lowest BCUT2D eigenvalue weighted by molar-refractivity contribution is 1.02. The van der Waals surface area contributed by atoms with Crippen LogP contribution in [0.4, 0.5) is 0 Å². The van der Waals surface area contributed by atoms with Gasteiger partial charge in [-0.2, -0.15) is 0 Å². The molecule has 4 nitrogen and oxygen atoms in total. The van der Waals surface area contributed by atoms with E-state index in [1.165, 1.54) is 70.4 Å². The first kappa shape index (κ1) is 26.2. The molecular formula is C46H26N4. The average Bonchev–Trinajstić information content (AvgIpc) is 3.82. The molecule has 0 aliphatic rings. The minimum atomic E-state index is 0.673. The molecule has 0 amide bonds. The Bertz CT molecular complexity index is 3350. The quantitative estimate of drug-likeness (QED) is 0.177. The number of hydrogen-bond donors (Lipinski definition) is 0. The minimum absolute atomic E-state index is 0.673. The van der Waals surface area contributed by atoms with Crippen LogP contribution in [0.3, 0.4) is 0 Å². The molecule has 7 aromatic carbocycles. The highest BCUT2D eigenvalue weighted by atomic mass is 15.2. The lowest BCUT2D eigenvalue weighted by Gasteiger charge is -2.14. The maximum absolute atomic E-state index is 5.52. The highest BCUT2D eigenvalue weighted by Crippen LogP contribution is 2.45. The third kappa shape index (κ3) is 3.25. The van der Waals surface area contributed by atoms with Crippen molar-refractivity contribution in [3.05, 3.63) is 158 Å². The van der Waals surface area contributed by atoms with E-state index in [0.29, 0.717) is 5.95 Å². The van der Waals surface area contributed by atoms with Gasteiger partial charge in [0.05, 0.1) is 38.8 Å². The second kappa shape index (κ2) is 9.43. The van der Waals surface area contributed by atoms with Gasteiger partial charge in [0.2, 0.25) is 5.95 Å². The molecule has 0 aliphatic heterocycles. The summed E-state index contributed by atoms with van der Waals surface area (Å²) in [7, 11) is 0. The Morgan fingerprint density at radius 1 is 0.360 bits per heavy atom. The van der Waals surface area contributed by atoms with Gasteiger partial charge in [0.15, 0.2) is 0 Å². The van der Waals surface area contributed by atoms with Gasteiger partial charge in [-0.3, -0.25) is 4.57 Å². The molecule has 0 bridgehead atoms. The highest BCUT2D eigenvalue weighted by molar-refractivity contribution is 6.29. The summed E-state index contributed by atoms with van der Waals surface area (Å²) < 4.78 is 4.73. The van der Waals surface area contributed by atoms with Crippen molar-refractivity contribution in [3.63, 3.8) is 0 Å². The molecule has 5 heterocycles. The zero-order valence-electron chi connectivity index (χ0n) is 26.8. The standard InChI is InChI=1S/C46H26N4/c1-2-14-30-28(12-1)29-13-3-4-15-31(29)37-26-27(24-25-32(30)37)43-35-18-7-9-20-38(35)47-46(48-43)50-40-21-10-8-19-36(40)42-41-23-11-22-39-33-16-5-6-17-34(33)44(45(42)50)49(39)41/h1-26H. The fourth-order valence-electron chi connectivity index (χ4n) is 8.79. The predicted octanol–water partition coefficient (Wildman–Crippen LogP) is 11.9. The van der Waals surface area contributed by atoms with E-state index in [2.05, 4.69) is 167 Å². The number of fused-ring (bicyclic) bond motifs is 15. The van der Waals surface area contributed by atoms with Crippen LogP contribution in [0.15, 0.2) is 158 Å². The van der Waals surface area contributed by atoms with Gasteiger partial charge in [-0.05, 0) is 62.6 Å². The lowest BCUT2D eigenvalue weighted by Crippen LogP contribution is -2.03. The Morgan fingerprint density at radius 3 is 1.68 bits per heavy atom. The van der Waals surface area contributed by atoms with E-state index in [0.717, 1.165) is 33.2 Å². The Balaban J connectivity index is 1.22. The van der Waals surface area contributed by atoms with Gasteiger partial charge in [-0.15, -0.1) is 0 Å². The second-order valence-corrected chi connectivity index (χ2v) is 13.3. The SMILES string of the molecule is c1ccc2c(-c3ccc4c5ccccc5c5ccccc5c4c3)nc(-n3c4ccccc4c4c3c3c5ccccc5c5cccc4n53)nc2c1. The smallest absolute Gasteiger partial charge is 0.235 e. The Morgan fingerprint density at radius 2 is 0.920 bits per heavy atom. The maximum atomic E-state index is 5.52. The first-order valence-electron chi connectivity index (χ1n) is 17.1. The van der Waals surface area contributed by atoms with Gasteiger partial charge in [0.1, 0.15) is 0 Å². The summed E-state index contributed by atoms with van der Waals surface area (Å²) in [5, 5.41) is 13.5. The van der Waals surface area contributed by atoms with E-state index < -0.39 is 0 Å². The number of nitrogens with zero attached hydrogens (tertiary/aromatic N) is 4. The van der Waals surface area contributed by atoms with Gasteiger partial charge in [0, 0.05) is 32.5 Å². The van der Waals surface area contributed by atoms with Gasteiger partial charge in [-0.1, -0.05) is 127 Å². The van der Waals surface area contributed by atoms with E-state index in [9.17, 15) is 0 Å². The van der Waals surface area contributed by atoms with Crippen molar-refractivity contribution in [2.75, 3.05) is 0 Å². The number of rotatable bonds is 2. The third-order valence-corrected chi connectivity index (χ3v) is 10.8. The van der Waals surface area contributed by atoms with E-state index in [-0.39, 0.29) is 0 Å². The molecule has 0 fully saturated rings. The predicted molar refractivity (Wildman–Crippen MR) is 209 cm³/mol. The van der Waals surface area contributed by atoms with E-state index >= 15 is 0 Å². The van der Waals surface area contributed by atoms with Gasteiger partial charge in [-0.25, -0.2) is 9.97 Å². The van der Waals surface area contributed by atoms with Crippen molar-refractivity contribution in [2.24, 2.45) is 0 Å². The zero-order chi connectivity index (χ0) is 32.5. The monoisotopic (exact) mass is 634 g/mol. The summed E-state index contributed by atoms with van der Waals surface area (Å²) in [6.45, 7) is 0. The van der Waals surface area contributed by atoms with Crippen LogP contribution in [0.2, 0.25) is 0 Å². The number of aromatic nitrogens is 4. The molecule has 230 valence electrons. The van der Waals surface area contributed by atoms with Crippen molar-refractivity contribution in [1.29, 1.82) is 0 Å². The molecule has 12 aromatic rings. The summed E-state index contributed by atoms with van der Waals surface area (Å²) >= 11 is 0. The number of pyridine rings is 1. The van der Waals surface area contributed by atoms with Crippen molar-refractivity contribution in [3.8, 4) is 17.2 Å². The van der Waals surface area contributed by atoms with Crippen LogP contribution in [0.5, 0.6) is 0 Å². The molecule has 0 saturated heterocycles. The van der Waals surface area contributed by atoms with Crippen LogP contribution in [0.25, 0.3) is 110 Å². The summed E-state index contributed by atoms with van der Waals surface area (Å²) in [5.41, 5.74) is 8.78. The molecule has 0 unspecified atom stereocenters. The molecule has 0 radical (unpaired) electrons. The average molecular weight is 635 g/mol. The summed E-state index contributed by atoms with van der Waals surface area (Å²) in [5.74, 6) is 0.673. The van der Waals surface area contributed by atoms with Crippen LogP contribution < -0.4 is 0 Å². The first-order chi connectivity index (χ1) is 24.8. The Hall–Kier alpha value is -6.78. The number of para-hydroxylation sites is 2. The molecule has 0 spiro atoms. The van der Waals surface area contributed by atoms with Crippen molar-refractivity contribution >= 4 is 92.3 Å². The summed E-state index contributed by atoms with van der Waals surface area (Å²) in [6.07, 6.45) is 0. The Labute approximate surface area is 285 Å². The Kier molecular flexibility index (Phi) is 4.94. The summed E-state index contributed by atoms with van der Waals surface area (Å²) in [4.78, 5) is 10.8. The molecule has 0 saturated carbocycles. The summed E-state index contributed by atoms with van der Waals surface area (Å²) in [6, 6.07) is 56.8. The van der Waals surface area contributed by atoms with Crippen LogP contribution >= 0.6 is 0 Å². The molecule has 4 heteroatoms. The first-order valence-corrected chi connectivity index (χ1v) is 17.1. The lowest BCUT2D eigenvalue weighted by atomic mass is 9.92. The minimum Gasteiger partial charge on any atom is -0.306 e. The third-order valence-electron chi connectivity index (χ3n) is 10.8. The maximum Gasteiger partial charge on any atom is 0.235 e. The van der Waals surface area contributed by atoms with Crippen LogP contribution in [0, 0.1) is 0 Å². The molecule has 12 rings (SSSR count). The van der Waals surface area contributed by atoms with E-state index in [1.807, 2.05) is 0 Å². The van der Waals surface area contributed by atoms with Crippen molar-refractivity contribution in [1.82, 2.24) is 18.9 Å². The highest BCUT2D eigenvalue weighted by Gasteiger charge is 2.25. The fourth-order valence-corrected chi connectivity index (χ4v) is 8.79. The van der Waals surface area contributed by atoms with Crippen LogP contribution in [0.1, 0.15) is 0 Å². The van der Waals surface area contributed by atoms with Crippen LogP contribution in [-0.4, -0.2) is 18.9 Å². The molecule has 50 heavy (non-hydrogen) atoms. The fraction of sp³-hybridized carbons (Fsp3) is 0. The molecule has 0 aliphatic carbocycles. The van der Waals surface area contributed by atoms with Crippen molar-refractivity contribution < 1.29 is 0 Å². The second-order valence-electron chi connectivity index (χ2n) is 13.3. The normalized spacial score (nSPS) is 12.4.